The van der Waals surface area contributed by atoms with Crippen LogP contribution in [0.3, 0.4) is 0 Å². The third-order valence-corrected chi connectivity index (χ3v) is 5.92. The van der Waals surface area contributed by atoms with Crippen LogP contribution in [-0.4, -0.2) is 49.1 Å². The summed E-state index contributed by atoms with van der Waals surface area (Å²) in [6.45, 7) is 5.18. The lowest BCUT2D eigenvalue weighted by Crippen LogP contribution is -2.56. The standard InChI is InChI=1S/C20H28N6O/c1-14-6-8-16(9-7-14)12-26-20(22-23-24-26)13-25-18-4-3-5-19(25)11-17(10-18)21-15(2)27/h6-9,17-19H,3-5,10-13H2,1-2H3,(H,21,27)/t17?,18-,19+. The van der Waals surface area contributed by atoms with Gasteiger partial charge in [-0.25, -0.2) is 4.68 Å². The molecule has 1 unspecified atom stereocenters. The average Bonchev–Trinajstić information content (AvgIpc) is 3.04. The number of nitrogens with zero attached hydrogens (tertiary/aromatic N) is 5. The number of benzene rings is 1. The molecule has 2 bridgehead atoms. The van der Waals surface area contributed by atoms with Crippen molar-refractivity contribution >= 4 is 5.91 Å². The summed E-state index contributed by atoms with van der Waals surface area (Å²) < 4.78 is 1.92. The van der Waals surface area contributed by atoms with Crippen molar-refractivity contribution in [2.75, 3.05) is 0 Å². The van der Waals surface area contributed by atoms with Gasteiger partial charge in [-0.2, -0.15) is 0 Å². The molecular weight excluding hydrogens is 340 g/mol. The van der Waals surface area contributed by atoms with Crippen LogP contribution in [0.5, 0.6) is 0 Å². The van der Waals surface area contributed by atoms with Gasteiger partial charge in [0.25, 0.3) is 0 Å². The highest BCUT2D eigenvalue weighted by Crippen LogP contribution is 2.35. The lowest BCUT2D eigenvalue weighted by atomic mass is 9.81. The smallest absolute Gasteiger partial charge is 0.217 e. The molecule has 2 aliphatic heterocycles. The Morgan fingerprint density at radius 3 is 2.52 bits per heavy atom. The summed E-state index contributed by atoms with van der Waals surface area (Å²) in [6.07, 6.45) is 5.69. The van der Waals surface area contributed by atoms with Gasteiger partial charge in [0, 0.05) is 25.0 Å². The lowest BCUT2D eigenvalue weighted by Gasteiger charge is -2.48. The van der Waals surface area contributed by atoms with Crippen molar-refractivity contribution in [2.45, 2.75) is 77.2 Å². The van der Waals surface area contributed by atoms with E-state index in [1.54, 1.807) is 6.92 Å². The van der Waals surface area contributed by atoms with Crippen molar-refractivity contribution in [2.24, 2.45) is 0 Å². The van der Waals surface area contributed by atoms with Crippen LogP contribution in [0.1, 0.15) is 56.0 Å². The second kappa shape index (κ2) is 7.76. The minimum absolute atomic E-state index is 0.0774. The molecule has 3 heterocycles. The molecule has 7 heteroatoms. The van der Waals surface area contributed by atoms with E-state index >= 15 is 0 Å². The number of piperidine rings is 2. The number of carbonyl (C=O) groups excluding carboxylic acids is 1. The van der Waals surface area contributed by atoms with Crippen LogP contribution in [0.2, 0.25) is 0 Å². The fourth-order valence-corrected chi connectivity index (χ4v) is 4.63. The van der Waals surface area contributed by atoms with E-state index in [2.05, 4.69) is 56.9 Å². The SMILES string of the molecule is CC(=O)NC1C[C@H]2CCC[C@@H](C1)N2Cc1nnnn1Cc1ccc(C)cc1. The normalized spacial score (nSPS) is 25.3. The number of aryl methyl sites for hydroxylation is 1. The van der Waals surface area contributed by atoms with Crippen molar-refractivity contribution < 1.29 is 4.79 Å². The van der Waals surface area contributed by atoms with Crippen LogP contribution < -0.4 is 5.32 Å². The van der Waals surface area contributed by atoms with Gasteiger partial charge in [0.15, 0.2) is 5.82 Å². The highest BCUT2D eigenvalue weighted by molar-refractivity contribution is 5.73. The van der Waals surface area contributed by atoms with Crippen molar-refractivity contribution in [1.29, 1.82) is 0 Å². The number of amides is 1. The number of carbonyl (C=O) groups is 1. The maximum Gasteiger partial charge on any atom is 0.217 e. The van der Waals surface area contributed by atoms with Gasteiger partial charge in [0.1, 0.15) is 0 Å². The first kappa shape index (κ1) is 18.1. The van der Waals surface area contributed by atoms with Crippen LogP contribution in [-0.2, 0) is 17.9 Å². The van der Waals surface area contributed by atoms with Gasteiger partial charge in [-0.1, -0.05) is 36.2 Å². The van der Waals surface area contributed by atoms with Crippen LogP contribution in [0.15, 0.2) is 24.3 Å². The van der Waals surface area contributed by atoms with E-state index in [1.165, 1.54) is 30.4 Å². The summed E-state index contributed by atoms with van der Waals surface area (Å²) in [6, 6.07) is 9.81. The monoisotopic (exact) mass is 368 g/mol. The maximum atomic E-state index is 11.5. The molecule has 1 aromatic carbocycles. The van der Waals surface area contributed by atoms with Gasteiger partial charge in [-0.3, -0.25) is 9.69 Å². The Labute approximate surface area is 160 Å². The van der Waals surface area contributed by atoms with Crippen LogP contribution in [0, 0.1) is 6.92 Å². The number of hydrogen-bond acceptors (Lipinski definition) is 5. The second-order valence-corrected chi connectivity index (χ2v) is 8.02. The molecule has 1 amide bonds. The first-order valence-electron chi connectivity index (χ1n) is 9.92. The first-order valence-corrected chi connectivity index (χ1v) is 9.92. The molecule has 144 valence electrons. The van der Waals surface area contributed by atoms with E-state index in [0.29, 0.717) is 24.7 Å². The first-order chi connectivity index (χ1) is 13.1. The Morgan fingerprint density at radius 2 is 1.85 bits per heavy atom. The van der Waals surface area contributed by atoms with Gasteiger partial charge in [0.2, 0.25) is 5.91 Å². The van der Waals surface area contributed by atoms with Gasteiger partial charge in [-0.05, 0) is 48.6 Å². The van der Waals surface area contributed by atoms with Gasteiger partial charge >= 0.3 is 0 Å². The summed E-state index contributed by atoms with van der Waals surface area (Å²) in [5, 5.41) is 15.6. The molecule has 7 nitrogen and oxygen atoms in total. The molecule has 0 aliphatic carbocycles. The largest absolute Gasteiger partial charge is 0.353 e. The average molecular weight is 368 g/mol. The Morgan fingerprint density at radius 1 is 1.15 bits per heavy atom. The van der Waals surface area contributed by atoms with Gasteiger partial charge in [0.05, 0.1) is 13.1 Å². The van der Waals surface area contributed by atoms with Crippen molar-refractivity contribution in [1.82, 2.24) is 30.4 Å². The zero-order valence-corrected chi connectivity index (χ0v) is 16.1. The predicted octanol–water partition coefficient (Wildman–Crippen LogP) is 2.05. The highest BCUT2D eigenvalue weighted by atomic mass is 16.1. The molecule has 3 atom stereocenters. The van der Waals surface area contributed by atoms with E-state index in [0.717, 1.165) is 25.2 Å². The van der Waals surface area contributed by atoms with Crippen LogP contribution >= 0.6 is 0 Å². The summed E-state index contributed by atoms with van der Waals surface area (Å²) in [5.74, 6) is 0.999. The quantitative estimate of drug-likeness (QED) is 0.874. The summed E-state index contributed by atoms with van der Waals surface area (Å²) in [7, 11) is 0. The Hall–Kier alpha value is -2.28. The number of aromatic nitrogens is 4. The molecule has 2 aliphatic rings. The lowest BCUT2D eigenvalue weighted by molar-refractivity contribution is -0.120. The zero-order chi connectivity index (χ0) is 18.8. The van der Waals surface area contributed by atoms with Crippen LogP contribution in [0.4, 0.5) is 0 Å². The Bertz CT molecular complexity index is 772. The van der Waals surface area contributed by atoms with Crippen LogP contribution in [0.25, 0.3) is 0 Å². The minimum Gasteiger partial charge on any atom is -0.353 e. The third kappa shape index (κ3) is 4.18. The number of fused-ring (bicyclic) bond motifs is 2. The van der Waals surface area contributed by atoms with E-state index in [9.17, 15) is 4.79 Å². The summed E-state index contributed by atoms with van der Waals surface area (Å²) in [4.78, 5) is 14.0. The van der Waals surface area contributed by atoms with E-state index < -0.39 is 0 Å². The fourth-order valence-electron chi connectivity index (χ4n) is 4.63. The second-order valence-electron chi connectivity index (χ2n) is 8.02. The van der Waals surface area contributed by atoms with Crippen molar-refractivity contribution in [3.8, 4) is 0 Å². The molecule has 4 rings (SSSR count). The molecule has 0 radical (unpaired) electrons. The van der Waals surface area contributed by atoms with E-state index in [1.807, 2.05) is 4.68 Å². The molecule has 27 heavy (non-hydrogen) atoms. The highest BCUT2D eigenvalue weighted by Gasteiger charge is 2.39. The van der Waals surface area contributed by atoms with E-state index in [4.69, 9.17) is 0 Å². The molecule has 1 N–H and O–H groups in total. The van der Waals surface area contributed by atoms with Gasteiger partial charge in [-0.15, -0.1) is 5.10 Å². The van der Waals surface area contributed by atoms with E-state index in [-0.39, 0.29) is 5.91 Å². The Balaban J connectivity index is 1.46. The van der Waals surface area contributed by atoms with Crippen molar-refractivity contribution in [3.63, 3.8) is 0 Å². The van der Waals surface area contributed by atoms with Crippen molar-refractivity contribution in [3.05, 3.63) is 41.2 Å². The zero-order valence-electron chi connectivity index (χ0n) is 16.1. The topological polar surface area (TPSA) is 75.9 Å². The summed E-state index contributed by atoms with van der Waals surface area (Å²) in [5.41, 5.74) is 2.46. The molecule has 2 saturated heterocycles. The molecule has 0 spiro atoms. The number of rotatable bonds is 5. The Kier molecular flexibility index (Phi) is 5.20. The molecular formula is C20H28N6O. The molecule has 2 fully saturated rings. The molecule has 0 saturated carbocycles. The molecule has 2 aromatic rings. The molecule has 1 aromatic heterocycles. The minimum atomic E-state index is 0.0774. The number of tetrazole rings is 1. The number of nitrogens with one attached hydrogen (secondary N) is 1. The fraction of sp³-hybridized carbons (Fsp3) is 0.600. The third-order valence-electron chi connectivity index (χ3n) is 5.92. The van der Waals surface area contributed by atoms with Gasteiger partial charge < -0.3 is 5.32 Å². The number of hydrogen-bond donors (Lipinski definition) is 1. The summed E-state index contributed by atoms with van der Waals surface area (Å²) >= 11 is 0. The predicted molar refractivity (Wildman–Crippen MR) is 102 cm³/mol. The maximum absolute atomic E-state index is 11.5.